The van der Waals surface area contributed by atoms with Crippen molar-refractivity contribution >= 4 is 34.6 Å². The number of hydrogen-bond donors (Lipinski definition) is 1. The molecule has 0 aromatic heterocycles. The van der Waals surface area contributed by atoms with Gasteiger partial charge in [0.05, 0.1) is 20.7 Å². The lowest BCUT2D eigenvalue weighted by Crippen LogP contribution is -2.04. The molecule has 4 nitrogen and oxygen atoms in total. The van der Waals surface area contributed by atoms with Crippen LogP contribution in [0.3, 0.4) is 0 Å². The van der Waals surface area contributed by atoms with Gasteiger partial charge in [-0.1, -0.05) is 23.2 Å². The Bertz CT molecular complexity index is 688. The molecule has 0 unspecified atom stereocenters. The van der Waals surface area contributed by atoms with E-state index >= 15 is 0 Å². The molecule has 0 aliphatic carbocycles. The minimum absolute atomic E-state index is 0.0195. The van der Waals surface area contributed by atoms with Crippen molar-refractivity contribution in [2.24, 2.45) is 0 Å². The molecule has 2 aromatic rings. The monoisotopic (exact) mass is 332 g/mol. The average molecular weight is 333 g/mol. The van der Waals surface area contributed by atoms with Crippen LogP contribution in [0.2, 0.25) is 10.0 Å². The number of hydrogen-bond acceptors (Lipinski definition) is 3. The number of nitrogens with one attached hydrogen (secondary N) is 1. The largest absolute Gasteiger partial charge is 0.378 e. The van der Waals surface area contributed by atoms with Crippen molar-refractivity contribution in [3.63, 3.8) is 0 Å². The Morgan fingerprint density at radius 1 is 1.14 bits per heavy atom. The van der Waals surface area contributed by atoms with Crippen molar-refractivity contribution in [3.8, 4) is 0 Å². The molecule has 0 amide bonds. The van der Waals surface area contributed by atoms with E-state index < -0.39 is 16.6 Å². The topological polar surface area (TPSA) is 55.2 Å². The maximum absolute atomic E-state index is 13.5. The molecule has 1 N–H and O–H groups in total. The Morgan fingerprint density at radius 3 is 2.33 bits per heavy atom. The van der Waals surface area contributed by atoms with Crippen LogP contribution in [0.5, 0.6) is 0 Å². The summed E-state index contributed by atoms with van der Waals surface area (Å²) < 4.78 is 26.5. The number of nitro benzene ring substituents is 1. The van der Waals surface area contributed by atoms with E-state index in [1.807, 2.05) is 0 Å². The van der Waals surface area contributed by atoms with Gasteiger partial charge in [0.1, 0.15) is 11.6 Å². The van der Waals surface area contributed by atoms with Gasteiger partial charge in [-0.2, -0.15) is 0 Å². The van der Waals surface area contributed by atoms with Crippen LogP contribution in [-0.4, -0.2) is 4.92 Å². The van der Waals surface area contributed by atoms with E-state index in [1.165, 1.54) is 0 Å². The lowest BCUT2D eigenvalue weighted by atomic mass is 10.2. The number of benzene rings is 2. The van der Waals surface area contributed by atoms with Crippen LogP contribution in [-0.2, 0) is 6.54 Å². The Kier molecular flexibility index (Phi) is 4.59. The van der Waals surface area contributed by atoms with Gasteiger partial charge in [-0.3, -0.25) is 10.1 Å². The third-order valence-corrected chi connectivity index (χ3v) is 3.30. The van der Waals surface area contributed by atoms with E-state index in [4.69, 9.17) is 23.2 Å². The zero-order valence-corrected chi connectivity index (χ0v) is 11.9. The van der Waals surface area contributed by atoms with Crippen LogP contribution < -0.4 is 5.32 Å². The van der Waals surface area contributed by atoms with Gasteiger partial charge in [0.15, 0.2) is 0 Å². The third kappa shape index (κ3) is 3.59. The minimum atomic E-state index is -0.631. The van der Waals surface area contributed by atoms with E-state index in [0.29, 0.717) is 0 Å². The molecule has 2 aromatic carbocycles. The second kappa shape index (κ2) is 6.24. The molecule has 0 atom stereocenters. The molecule has 2 rings (SSSR count). The molecular formula is C13H8Cl2F2N2O2. The van der Waals surface area contributed by atoms with E-state index in [2.05, 4.69) is 5.32 Å². The van der Waals surface area contributed by atoms with Crippen molar-refractivity contribution in [1.29, 1.82) is 0 Å². The van der Waals surface area contributed by atoms with Crippen molar-refractivity contribution in [2.45, 2.75) is 6.54 Å². The molecule has 0 heterocycles. The highest BCUT2D eigenvalue weighted by molar-refractivity contribution is 6.39. The zero-order valence-electron chi connectivity index (χ0n) is 10.4. The maximum Gasteiger partial charge on any atom is 0.272 e. The highest BCUT2D eigenvalue weighted by Gasteiger charge is 2.15. The Morgan fingerprint density at radius 2 is 1.76 bits per heavy atom. The second-order valence-electron chi connectivity index (χ2n) is 4.13. The van der Waals surface area contributed by atoms with E-state index in [1.54, 1.807) is 0 Å². The normalized spacial score (nSPS) is 10.5. The average Bonchev–Trinajstić information content (AvgIpc) is 2.41. The molecule has 0 saturated carbocycles. The molecular weight excluding hydrogens is 325 g/mol. The number of nitrogens with zero attached hydrogens (tertiary/aromatic N) is 1. The summed E-state index contributed by atoms with van der Waals surface area (Å²) in [5.74, 6) is -1.16. The first kappa shape index (κ1) is 15.5. The molecule has 0 saturated heterocycles. The Labute approximate surface area is 128 Å². The van der Waals surface area contributed by atoms with Crippen LogP contribution in [0.25, 0.3) is 0 Å². The van der Waals surface area contributed by atoms with Crippen LogP contribution in [0.15, 0.2) is 30.3 Å². The van der Waals surface area contributed by atoms with Gasteiger partial charge in [0, 0.05) is 24.2 Å². The molecule has 0 radical (unpaired) electrons. The molecule has 0 aliphatic rings. The van der Waals surface area contributed by atoms with Crippen LogP contribution in [0.1, 0.15) is 5.56 Å². The summed E-state index contributed by atoms with van der Waals surface area (Å²) in [5.41, 5.74) is 0.0422. The molecule has 21 heavy (non-hydrogen) atoms. The molecule has 0 bridgehead atoms. The molecule has 0 fully saturated rings. The molecule has 0 spiro atoms. The molecule has 0 aliphatic heterocycles. The van der Waals surface area contributed by atoms with Crippen molar-refractivity contribution in [1.82, 2.24) is 0 Å². The first-order chi connectivity index (χ1) is 9.88. The summed E-state index contributed by atoms with van der Waals surface area (Å²) in [6.45, 7) is -0.0686. The smallest absolute Gasteiger partial charge is 0.272 e. The number of non-ortho nitro benzene ring substituents is 1. The van der Waals surface area contributed by atoms with Gasteiger partial charge in [-0.05, 0) is 18.2 Å². The second-order valence-corrected chi connectivity index (χ2v) is 4.95. The van der Waals surface area contributed by atoms with Crippen LogP contribution in [0, 0.1) is 21.7 Å². The van der Waals surface area contributed by atoms with Crippen molar-refractivity contribution in [2.75, 3.05) is 5.32 Å². The fourth-order valence-corrected chi connectivity index (χ4v) is 2.31. The van der Waals surface area contributed by atoms with Crippen molar-refractivity contribution in [3.05, 3.63) is 67.7 Å². The van der Waals surface area contributed by atoms with Crippen molar-refractivity contribution < 1.29 is 13.7 Å². The van der Waals surface area contributed by atoms with Gasteiger partial charge in [0.25, 0.3) is 5.69 Å². The van der Waals surface area contributed by atoms with Gasteiger partial charge in [-0.25, -0.2) is 8.78 Å². The SMILES string of the molecule is O=[N+]([O-])c1cc(Cl)c(NCc2cc(F)ccc2F)c(Cl)c1. The Balaban J connectivity index is 2.24. The Hall–Kier alpha value is -1.92. The van der Waals surface area contributed by atoms with Gasteiger partial charge < -0.3 is 5.32 Å². The fraction of sp³-hybridized carbons (Fsp3) is 0.0769. The molecule has 8 heteroatoms. The predicted molar refractivity (Wildman–Crippen MR) is 76.8 cm³/mol. The van der Waals surface area contributed by atoms with Gasteiger partial charge in [0.2, 0.25) is 0 Å². The third-order valence-electron chi connectivity index (χ3n) is 2.70. The summed E-state index contributed by atoms with van der Waals surface area (Å²) in [6.07, 6.45) is 0. The summed E-state index contributed by atoms with van der Waals surface area (Å²) in [4.78, 5) is 10.0. The minimum Gasteiger partial charge on any atom is -0.378 e. The lowest BCUT2D eigenvalue weighted by molar-refractivity contribution is -0.384. The first-order valence-corrected chi connectivity index (χ1v) is 6.45. The van der Waals surface area contributed by atoms with Gasteiger partial charge >= 0.3 is 0 Å². The number of anilines is 1. The first-order valence-electron chi connectivity index (χ1n) is 5.69. The number of rotatable bonds is 4. The highest BCUT2D eigenvalue weighted by atomic mass is 35.5. The highest BCUT2D eigenvalue weighted by Crippen LogP contribution is 2.35. The van der Waals surface area contributed by atoms with E-state index in [9.17, 15) is 18.9 Å². The summed E-state index contributed by atoms with van der Waals surface area (Å²) >= 11 is 11.8. The van der Waals surface area contributed by atoms with E-state index in [-0.39, 0.29) is 33.5 Å². The van der Waals surface area contributed by atoms with Crippen LogP contribution >= 0.6 is 23.2 Å². The summed E-state index contributed by atoms with van der Waals surface area (Å²) in [6, 6.07) is 5.29. The maximum atomic E-state index is 13.5. The summed E-state index contributed by atoms with van der Waals surface area (Å²) in [5, 5.41) is 13.4. The fourth-order valence-electron chi connectivity index (χ4n) is 1.70. The lowest BCUT2D eigenvalue weighted by Gasteiger charge is -2.11. The van der Waals surface area contributed by atoms with E-state index in [0.717, 1.165) is 30.3 Å². The quantitative estimate of drug-likeness (QED) is 0.646. The number of nitro groups is 1. The van der Waals surface area contributed by atoms with Crippen LogP contribution in [0.4, 0.5) is 20.2 Å². The number of halogens is 4. The predicted octanol–water partition coefficient (Wildman–Crippen LogP) is 4.79. The van der Waals surface area contributed by atoms with Gasteiger partial charge in [-0.15, -0.1) is 0 Å². The zero-order chi connectivity index (χ0) is 15.6. The standard InChI is InChI=1S/C13H8Cl2F2N2O2/c14-10-4-9(19(20)21)5-11(15)13(10)18-6-7-3-8(16)1-2-12(7)17/h1-5,18H,6H2. The molecule has 110 valence electrons. The summed E-state index contributed by atoms with van der Waals surface area (Å²) in [7, 11) is 0.